The van der Waals surface area contributed by atoms with Crippen molar-refractivity contribution in [2.45, 2.75) is 123 Å². The molecule has 4 nitrogen and oxygen atoms in total. The van der Waals surface area contributed by atoms with Crippen molar-refractivity contribution < 1.29 is 0 Å². The number of aryl methyl sites for hydroxylation is 2. The predicted octanol–water partition coefficient (Wildman–Crippen LogP) is 22.8. The summed E-state index contributed by atoms with van der Waals surface area (Å²) in [7, 11) is 0. The molecule has 1 aliphatic rings. The Balaban J connectivity index is 0.956. The summed E-state index contributed by atoms with van der Waals surface area (Å²) in [6.45, 7) is 9.04. The summed E-state index contributed by atoms with van der Waals surface area (Å²) < 4.78 is 0. The second-order valence-corrected chi connectivity index (χ2v) is 24.1. The molecule has 0 saturated heterocycles. The highest BCUT2D eigenvalue weighted by molar-refractivity contribution is 6.25. The molecule has 0 unspecified atom stereocenters. The minimum atomic E-state index is -0.0739. The van der Waals surface area contributed by atoms with Crippen LogP contribution in [0.3, 0.4) is 0 Å². The van der Waals surface area contributed by atoms with Gasteiger partial charge in [0.1, 0.15) is 0 Å². The molecular weight excluding hydrogens is 1030 g/mol. The van der Waals surface area contributed by atoms with Gasteiger partial charge in [-0.2, -0.15) is 0 Å². The van der Waals surface area contributed by atoms with Crippen molar-refractivity contribution in [3.63, 3.8) is 0 Å². The van der Waals surface area contributed by atoms with Gasteiger partial charge in [-0.25, -0.2) is 19.9 Å². The highest BCUT2D eigenvalue weighted by Crippen LogP contribution is 2.55. The van der Waals surface area contributed by atoms with Crippen molar-refractivity contribution in [2.24, 2.45) is 0 Å². The van der Waals surface area contributed by atoms with E-state index in [0.717, 1.165) is 69.0 Å². The fraction of sp³-hybridized carbons (Fsp3) is 0.235. The van der Waals surface area contributed by atoms with E-state index in [2.05, 4.69) is 240 Å². The summed E-state index contributed by atoms with van der Waals surface area (Å²) >= 11 is 0. The molecule has 0 atom stereocenters. The molecule has 420 valence electrons. The number of hydrogen-bond acceptors (Lipinski definition) is 4. The van der Waals surface area contributed by atoms with Crippen molar-refractivity contribution in [3.05, 3.63) is 241 Å². The van der Waals surface area contributed by atoms with Crippen LogP contribution in [0, 0.1) is 13.8 Å². The van der Waals surface area contributed by atoms with E-state index >= 15 is 0 Å². The van der Waals surface area contributed by atoms with Gasteiger partial charge in [0.2, 0.25) is 0 Å². The normalized spacial score (nSPS) is 12.5. The fourth-order valence-electron chi connectivity index (χ4n) is 13.6. The van der Waals surface area contributed by atoms with Crippen molar-refractivity contribution in [1.82, 2.24) is 19.9 Å². The minimum absolute atomic E-state index is 0.0739. The average molecular weight is 1110 g/mol. The third-order valence-corrected chi connectivity index (χ3v) is 18.2. The largest absolute Gasteiger partial charge is 0.228 e. The molecule has 1 aliphatic carbocycles. The molecule has 2 heterocycles. The van der Waals surface area contributed by atoms with E-state index in [1.807, 2.05) is 6.07 Å². The van der Waals surface area contributed by atoms with E-state index in [0.29, 0.717) is 11.6 Å². The number of benzene rings is 10. The molecule has 10 aromatic carbocycles. The Morgan fingerprint density at radius 2 is 0.671 bits per heavy atom. The number of unbranched alkanes of at least 4 members (excludes halogenated alkanes) is 10. The Morgan fingerprint density at radius 3 is 1.25 bits per heavy atom. The first-order valence-electron chi connectivity index (χ1n) is 31.6. The molecule has 0 aliphatic heterocycles. The second kappa shape index (κ2) is 24.8. The van der Waals surface area contributed by atoms with Crippen LogP contribution in [0.25, 0.3) is 122 Å². The summed E-state index contributed by atoms with van der Waals surface area (Å²) in [5.74, 6) is 1.38. The zero-order valence-corrected chi connectivity index (χ0v) is 50.0. The Bertz CT molecular complexity index is 4300. The highest BCUT2D eigenvalue weighted by Gasteiger charge is 2.42. The van der Waals surface area contributed by atoms with E-state index in [4.69, 9.17) is 19.9 Å². The standard InChI is InChI=1S/C81H76N4/c1-5-7-9-11-13-22-47-81(48-23-14-12-10-8-6-2)73-49-56(4)35-44-70(73)71-46-42-63(52-74(71)81)78-54-77(84-80(85-78)64-43-45-69-67-31-19-18-29-65(67)66-30-20-21-32-68(66)72(69)51-64)62-28-24-27-61(50-62)76-53-75(82-79(83-76)60-25-16-15-17-26-60)59-40-38-58(39-41-59)57-36-33-55(3)34-37-57/h15-21,24-46,49-54H,5-14,22-23,47-48H2,1-4H3. The molecular formula is C81H76N4. The fourth-order valence-corrected chi connectivity index (χ4v) is 13.6. The quantitative estimate of drug-likeness (QED) is 0.0531. The SMILES string of the molecule is CCCCCCCCC1(CCCCCCCC)c2cc(C)ccc2-c2ccc(-c3cc(-c4cccc(-c5cc(-c6ccc(-c7ccc(C)cc7)cc6)nc(-c6ccccc6)n5)c4)nc(-c4ccc5c6ccccc6c6ccccc6c5c4)n3)cc21. The summed E-state index contributed by atoms with van der Waals surface area (Å²) in [5.41, 5.74) is 20.2. The van der Waals surface area contributed by atoms with Crippen molar-refractivity contribution >= 4 is 32.3 Å². The molecule has 85 heavy (non-hydrogen) atoms. The third-order valence-electron chi connectivity index (χ3n) is 18.2. The number of aromatic nitrogens is 4. The van der Waals surface area contributed by atoms with E-state index in [1.165, 1.54) is 154 Å². The molecule has 0 fully saturated rings. The summed E-state index contributed by atoms with van der Waals surface area (Å²) in [5, 5.41) is 7.41. The number of rotatable bonds is 21. The Kier molecular flexibility index (Phi) is 16.1. The molecule has 13 rings (SSSR count). The maximum absolute atomic E-state index is 5.66. The van der Waals surface area contributed by atoms with Gasteiger partial charge >= 0.3 is 0 Å². The van der Waals surface area contributed by atoms with Crippen molar-refractivity contribution in [1.29, 1.82) is 0 Å². The first kappa shape index (κ1) is 55.3. The zero-order chi connectivity index (χ0) is 57.7. The van der Waals surface area contributed by atoms with E-state index in [1.54, 1.807) is 0 Å². The van der Waals surface area contributed by atoms with Gasteiger partial charge in [0, 0.05) is 38.8 Å². The van der Waals surface area contributed by atoms with Gasteiger partial charge in [0.25, 0.3) is 0 Å². The van der Waals surface area contributed by atoms with Crippen LogP contribution in [0.1, 0.15) is 126 Å². The second-order valence-electron chi connectivity index (χ2n) is 24.1. The summed E-state index contributed by atoms with van der Waals surface area (Å²) in [6.07, 6.45) is 17.7. The van der Waals surface area contributed by atoms with Crippen LogP contribution in [0.5, 0.6) is 0 Å². The summed E-state index contributed by atoms with van der Waals surface area (Å²) in [6, 6.07) is 80.0. The van der Waals surface area contributed by atoms with Crippen LogP contribution < -0.4 is 0 Å². The topological polar surface area (TPSA) is 51.6 Å². The van der Waals surface area contributed by atoms with Crippen LogP contribution in [0.4, 0.5) is 0 Å². The lowest BCUT2D eigenvalue weighted by molar-refractivity contribution is 0.398. The molecule has 2 aromatic heterocycles. The van der Waals surface area contributed by atoms with Crippen LogP contribution in [-0.2, 0) is 5.41 Å². The zero-order valence-electron chi connectivity index (χ0n) is 50.0. The monoisotopic (exact) mass is 1100 g/mol. The molecule has 12 aromatic rings. The average Bonchev–Trinajstić information content (AvgIpc) is 2.01. The lowest BCUT2D eigenvalue weighted by Gasteiger charge is -2.33. The minimum Gasteiger partial charge on any atom is -0.228 e. The van der Waals surface area contributed by atoms with Crippen LogP contribution in [0.15, 0.2) is 218 Å². The van der Waals surface area contributed by atoms with Crippen molar-refractivity contribution in [2.75, 3.05) is 0 Å². The van der Waals surface area contributed by atoms with Gasteiger partial charge in [-0.3, -0.25) is 0 Å². The van der Waals surface area contributed by atoms with Gasteiger partial charge in [0.05, 0.1) is 22.8 Å². The number of hydrogen-bond donors (Lipinski definition) is 0. The molecule has 0 amide bonds. The highest BCUT2D eigenvalue weighted by atomic mass is 14.9. The molecule has 0 N–H and O–H groups in total. The first-order valence-corrected chi connectivity index (χ1v) is 31.6. The van der Waals surface area contributed by atoms with Gasteiger partial charge in [-0.05, 0) is 123 Å². The Hall–Kier alpha value is -8.86. The van der Waals surface area contributed by atoms with Gasteiger partial charge in [-0.1, -0.05) is 290 Å². The molecule has 0 spiro atoms. The van der Waals surface area contributed by atoms with Crippen molar-refractivity contribution in [3.8, 4) is 90.1 Å². The summed E-state index contributed by atoms with van der Waals surface area (Å²) in [4.78, 5) is 21.8. The van der Waals surface area contributed by atoms with Crippen LogP contribution in [-0.4, -0.2) is 19.9 Å². The molecule has 4 heteroatoms. The molecule has 0 bridgehead atoms. The van der Waals surface area contributed by atoms with Gasteiger partial charge < -0.3 is 0 Å². The Morgan fingerprint density at radius 1 is 0.271 bits per heavy atom. The Labute approximate surface area is 503 Å². The first-order chi connectivity index (χ1) is 41.8. The van der Waals surface area contributed by atoms with Gasteiger partial charge in [0.15, 0.2) is 11.6 Å². The van der Waals surface area contributed by atoms with Crippen LogP contribution >= 0.6 is 0 Å². The smallest absolute Gasteiger partial charge is 0.160 e. The van der Waals surface area contributed by atoms with Gasteiger partial charge in [-0.15, -0.1) is 0 Å². The lowest BCUT2D eigenvalue weighted by Crippen LogP contribution is -2.25. The van der Waals surface area contributed by atoms with E-state index in [-0.39, 0.29) is 5.41 Å². The maximum atomic E-state index is 5.66. The molecule has 0 radical (unpaired) electrons. The maximum Gasteiger partial charge on any atom is 0.160 e. The number of nitrogens with zero attached hydrogens (tertiary/aromatic N) is 4. The van der Waals surface area contributed by atoms with E-state index in [9.17, 15) is 0 Å². The predicted molar refractivity (Wildman–Crippen MR) is 360 cm³/mol. The lowest BCUT2D eigenvalue weighted by atomic mass is 9.70. The number of fused-ring (bicyclic) bond motifs is 9. The third kappa shape index (κ3) is 11.4. The van der Waals surface area contributed by atoms with Crippen LogP contribution in [0.2, 0.25) is 0 Å². The molecule has 0 saturated carbocycles. The van der Waals surface area contributed by atoms with E-state index < -0.39 is 0 Å².